The summed E-state index contributed by atoms with van der Waals surface area (Å²) in [7, 11) is 0. The monoisotopic (exact) mass is 566 g/mol. The number of benzene rings is 1. The second-order valence-corrected chi connectivity index (χ2v) is 11.8. The number of carbonyl (C=O) groups excluding carboxylic acids is 2. The van der Waals surface area contributed by atoms with E-state index in [0.29, 0.717) is 59.3 Å². The third kappa shape index (κ3) is 6.53. The third-order valence-electron chi connectivity index (χ3n) is 8.06. The van der Waals surface area contributed by atoms with Crippen LogP contribution in [0, 0.1) is 25.6 Å². The average molecular weight is 567 g/mol. The van der Waals surface area contributed by atoms with E-state index in [2.05, 4.69) is 15.4 Å². The quantitative estimate of drug-likeness (QED) is 0.270. The smallest absolute Gasteiger partial charge is 0.312 e. The minimum absolute atomic E-state index is 0.112. The van der Waals surface area contributed by atoms with Crippen LogP contribution in [0.2, 0.25) is 0 Å². The molecule has 1 saturated carbocycles. The normalized spacial score (nSPS) is 15.9. The molecular formula is C31H39FN4O5. The van der Waals surface area contributed by atoms with Crippen molar-refractivity contribution in [3.8, 4) is 17.0 Å². The number of halogens is 1. The average Bonchev–Trinajstić information content (AvgIpc) is 3.31. The standard InChI is InChI=1S/C31H39FN4O5/c1-18-21-11-8-14-40-30(21)24(32)15-22(18)29-23(16-28(38)41-31(3,4)39)19(2)33-26-17-25(35-36(26)29)34-27(37)13-12-20-9-6-5-7-10-20/h15,17,20,39H,5-14,16H2,1-4H3,(H,34,35,37). The van der Waals surface area contributed by atoms with E-state index in [1.54, 1.807) is 17.5 Å². The first-order chi connectivity index (χ1) is 19.5. The molecule has 2 aliphatic rings. The highest BCUT2D eigenvalue weighted by atomic mass is 19.1. The molecule has 0 unspecified atom stereocenters. The number of aromatic nitrogens is 3. The van der Waals surface area contributed by atoms with Crippen molar-refractivity contribution in [2.24, 2.45) is 5.92 Å². The highest BCUT2D eigenvalue weighted by molar-refractivity contribution is 5.90. The number of rotatable bonds is 8. The van der Waals surface area contributed by atoms with E-state index in [9.17, 15) is 14.7 Å². The van der Waals surface area contributed by atoms with E-state index in [0.717, 1.165) is 24.0 Å². The van der Waals surface area contributed by atoms with Crippen LogP contribution in [-0.2, 0) is 27.2 Å². The molecule has 1 aliphatic carbocycles. The maximum absolute atomic E-state index is 15.4. The van der Waals surface area contributed by atoms with Crippen molar-refractivity contribution in [2.45, 2.75) is 97.7 Å². The Bertz CT molecular complexity index is 1470. The fourth-order valence-electron chi connectivity index (χ4n) is 6.08. The molecule has 2 N–H and O–H groups in total. The van der Waals surface area contributed by atoms with Crippen molar-refractivity contribution >= 4 is 23.3 Å². The molecule has 0 bridgehead atoms. The van der Waals surface area contributed by atoms with Gasteiger partial charge in [-0.3, -0.25) is 9.59 Å². The molecule has 1 aromatic carbocycles. The fraction of sp³-hybridized carbons (Fsp3) is 0.548. The summed E-state index contributed by atoms with van der Waals surface area (Å²) in [6.45, 7) is 6.87. The minimum atomic E-state index is -1.66. The van der Waals surface area contributed by atoms with Gasteiger partial charge in [-0.1, -0.05) is 32.1 Å². The Morgan fingerprint density at radius 2 is 1.95 bits per heavy atom. The van der Waals surface area contributed by atoms with Gasteiger partial charge in [0.05, 0.1) is 18.7 Å². The summed E-state index contributed by atoms with van der Waals surface area (Å²) in [6, 6.07) is 3.09. The molecule has 3 heterocycles. The molecule has 0 radical (unpaired) electrons. The van der Waals surface area contributed by atoms with Crippen LogP contribution in [-0.4, -0.2) is 44.0 Å². The highest BCUT2D eigenvalue weighted by Gasteiger charge is 2.28. The Morgan fingerprint density at radius 1 is 1.20 bits per heavy atom. The number of aryl methyl sites for hydroxylation is 1. The van der Waals surface area contributed by atoms with Crippen LogP contribution in [0.4, 0.5) is 10.2 Å². The molecule has 5 rings (SSSR count). The lowest BCUT2D eigenvalue weighted by molar-refractivity contribution is -0.194. The number of carbonyl (C=O) groups is 2. The SMILES string of the molecule is Cc1nc2cc(NC(=O)CCC3CCCCC3)nn2c(-c2cc(F)c3c(c2C)CCCO3)c1CC(=O)OC(C)(C)O. The number of fused-ring (bicyclic) bond motifs is 2. The Morgan fingerprint density at radius 3 is 2.68 bits per heavy atom. The maximum atomic E-state index is 15.4. The number of esters is 1. The van der Waals surface area contributed by atoms with Gasteiger partial charge in [0.25, 0.3) is 0 Å². The maximum Gasteiger partial charge on any atom is 0.312 e. The third-order valence-corrected chi connectivity index (χ3v) is 8.06. The Balaban J connectivity index is 1.55. The van der Waals surface area contributed by atoms with Crippen molar-refractivity contribution in [2.75, 3.05) is 11.9 Å². The van der Waals surface area contributed by atoms with Gasteiger partial charge in [0, 0.05) is 48.7 Å². The van der Waals surface area contributed by atoms with E-state index in [1.807, 2.05) is 6.92 Å². The van der Waals surface area contributed by atoms with Crippen molar-refractivity contribution in [3.05, 3.63) is 40.3 Å². The van der Waals surface area contributed by atoms with Crippen molar-refractivity contribution in [1.82, 2.24) is 14.6 Å². The molecule has 0 atom stereocenters. The molecule has 0 saturated heterocycles. The number of hydrogen-bond donors (Lipinski definition) is 2. The van der Waals surface area contributed by atoms with Crippen LogP contribution < -0.4 is 10.1 Å². The molecular weight excluding hydrogens is 527 g/mol. The van der Waals surface area contributed by atoms with E-state index < -0.39 is 17.6 Å². The second-order valence-electron chi connectivity index (χ2n) is 11.8. The summed E-state index contributed by atoms with van der Waals surface area (Å²) in [5.41, 5.74) is 4.10. The van der Waals surface area contributed by atoms with Crippen LogP contribution >= 0.6 is 0 Å². The number of amides is 1. The lowest BCUT2D eigenvalue weighted by Crippen LogP contribution is -2.28. The van der Waals surface area contributed by atoms with E-state index in [4.69, 9.17) is 9.47 Å². The lowest BCUT2D eigenvalue weighted by atomic mass is 9.86. The van der Waals surface area contributed by atoms with Crippen LogP contribution in [0.25, 0.3) is 16.9 Å². The largest absolute Gasteiger partial charge is 0.490 e. The number of nitrogens with zero attached hydrogens (tertiary/aromatic N) is 3. The minimum Gasteiger partial charge on any atom is -0.490 e. The number of ether oxygens (including phenoxy) is 2. The molecule has 220 valence electrons. The molecule has 1 aliphatic heterocycles. The molecule has 0 spiro atoms. The van der Waals surface area contributed by atoms with Gasteiger partial charge in [-0.25, -0.2) is 13.9 Å². The number of anilines is 1. The predicted octanol–water partition coefficient (Wildman–Crippen LogP) is 5.59. The van der Waals surface area contributed by atoms with Crippen LogP contribution in [0.1, 0.15) is 87.6 Å². The summed E-state index contributed by atoms with van der Waals surface area (Å²) < 4.78 is 27.8. The van der Waals surface area contributed by atoms with Crippen molar-refractivity contribution < 1.29 is 28.6 Å². The zero-order valence-electron chi connectivity index (χ0n) is 24.3. The van der Waals surface area contributed by atoms with E-state index in [1.165, 1.54) is 52.0 Å². The summed E-state index contributed by atoms with van der Waals surface area (Å²) in [5, 5.41) is 17.6. The summed E-state index contributed by atoms with van der Waals surface area (Å²) in [5.74, 6) is -1.74. The van der Waals surface area contributed by atoms with E-state index >= 15 is 4.39 Å². The Kier molecular flexibility index (Phi) is 8.31. The lowest BCUT2D eigenvalue weighted by Gasteiger charge is -2.24. The second kappa shape index (κ2) is 11.8. The topological polar surface area (TPSA) is 115 Å². The first-order valence-corrected chi connectivity index (χ1v) is 14.6. The molecule has 10 heteroatoms. The highest BCUT2D eigenvalue weighted by Crippen LogP contribution is 2.39. The molecule has 41 heavy (non-hydrogen) atoms. The van der Waals surface area contributed by atoms with Crippen LogP contribution in [0.3, 0.4) is 0 Å². The van der Waals surface area contributed by atoms with Gasteiger partial charge in [-0.05, 0) is 50.7 Å². The summed E-state index contributed by atoms with van der Waals surface area (Å²) in [4.78, 5) is 30.3. The zero-order chi connectivity index (χ0) is 29.3. The molecule has 1 fully saturated rings. The van der Waals surface area contributed by atoms with Gasteiger partial charge in [-0.15, -0.1) is 5.10 Å². The zero-order valence-corrected chi connectivity index (χ0v) is 24.3. The van der Waals surface area contributed by atoms with Gasteiger partial charge < -0.3 is 19.9 Å². The molecule has 2 aromatic heterocycles. The number of aliphatic hydroxyl groups is 1. The van der Waals surface area contributed by atoms with E-state index in [-0.39, 0.29) is 18.1 Å². The van der Waals surface area contributed by atoms with Crippen LogP contribution in [0.5, 0.6) is 5.75 Å². The van der Waals surface area contributed by atoms with Gasteiger partial charge >= 0.3 is 5.97 Å². The van der Waals surface area contributed by atoms with Gasteiger partial charge in [0.15, 0.2) is 23.0 Å². The number of nitrogens with one attached hydrogen (secondary N) is 1. The molecule has 3 aromatic rings. The first-order valence-electron chi connectivity index (χ1n) is 14.6. The summed E-state index contributed by atoms with van der Waals surface area (Å²) in [6.07, 6.45) is 8.57. The van der Waals surface area contributed by atoms with Gasteiger partial charge in [-0.2, -0.15) is 0 Å². The van der Waals surface area contributed by atoms with Crippen molar-refractivity contribution in [3.63, 3.8) is 0 Å². The Labute approximate surface area is 239 Å². The number of hydrogen-bond acceptors (Lipinski definition) is 7. The fourth-order valence-corrected chi connectivity index (χ4v) is 6.08. The molecule has 9 nitrogen and oxygen atoms in total. The summed E-state index contributed by atoms with van der Waals surface area (Å²) >= 11 is 0. The predicted molar refractivity (Wildman–Crippen MR) is 152 cm³/mol. The first kappa shape index (κ1) is 29.0. The molecule has 1 amide bonds. The van der Waals surface area contributed by atoms with Gasteiger partial charge in [0.1, 0.15) is 0 Å². The van der Waals surface area contributed by atoms with Crippen molar-refractivity contribution in [1.29, 1.82) is 0 Å². The van der Waals surface area contributed by atoms with Gasteiger partial charge in [0.2, 0.25) is 11.7 Å². The Hall–Kier alpha value is -3.53. The van der Waals surface area contributed by atoms with Crippen LogP contribution in [0.15, 0.2) is 12.1 Å².